The predicted molar refractivity (Wildman–Crippen MR) is 90.7 cm³/mol. The summed E-state index contributed by atoms with van der Waals surface area (Å²) in [7, 11) is 0. The van der Waals surface area contributed by atoms with Crippen LogP contribution in [0.1, 0.15) is 15.9 Å². The van der Waals surface area contributed by atoms with Crippen molar-refractivity contribution in [1.29, 1.82) is 0 Å². The number of carboxylic acid groups (broad SMARTS) is 1. The second kappa shape index (κ2) is 9.22. The number of ether oxygens (including phenoxy) is 2. The van der Waals surface area contributed by atoms with Gasteiger partial charge in [0.2, 0.25) is 0 Å². The Morgan fingerprint density at radius 1 is 1.00 bits per heavy atom. The van der Waals surface area contributed by atoms with Crippen LogP contribution in [-0.2, 0) is 0 Å². The van der Waals surface area contributed by atoms with Crippen molar-refractivity contribution in [2.45, 2.75) is 19.3 Å². The molecular formula is C18H13F6NO4. The van der Waals surface area contributed by atoms with Gasteiger partial charge in [-0.25, -0.2) is 4.79 Å². The minimum Gasteiger partial charge on any atom is -0.478 e. The zero-order chi connectivity index (χ0) is 21.6. The van der Waals surface area contributed by atoms with E-state index in [1.165, 1.54) is 12.1 Å². The van der Waals surface area contributed by atoms with Gasteiger partial charge < -0.3 is 19.9 Å². The molecule has 0 aliphatic rings. The first-order chi connectivity index (χ1) is 13.6. The first-order valence-corrected chi connectivity index (χ1v) is 7.78. The van der Waals surface area contributed by atoms with Crippen molar-refractivity contribution in [3.8, 4) is 11.5 Å². The van der Waals surface area contributed by atoms with Crippen molar-refractivity contribution in [2.75, 3.05) is 5.32 Å². The number of para-hydroxylation sites is 1. The van der Waals surface area contributed by atoms with Crippen LogP contribution >= 0.6 is 0 Å². The molecule has 5 nitrogen and oxygen atoms in total. The average molecular weight is 421 g/mol. The van der Waals surface area contributed by atoms with E-state index in [-0.39, 0.29) is 16.8 Å². The summed E-state index contributed by atoms with van der Waals surface area (Å²) in [5.41, 5.74) is -0.825. The molecule has 0 aromatic heterocycles. The molecule has 0 spiro atoms. The first kappa shape index (κ1) is 21.9. The summed E-state index contributed by atoms with van der Waals surface area (Å²) in [5, 5.41) is 10.8. The molecular weight excluding hydrogens is 408 g/mol. The van der Waals surface area contributed by atoms with Crippen molar-refractivity contribution < 1.29 is 45.7 Å². The van der Waals surface area contributed by atoms with Gasteiger partial charge in [-0.1, -0.05) is 24.3 Å². The van der Waals surface area contributed by atoms with Gasteiger partial charge in [0.05, 0.1) is 11.3 Å². The van der Waals surface area contributed by atoms with Gasteiger partial charge in [-0.05, 0) is 29.8 Å². The Bertz CT molecular complexity index is 888. The van der Waals surface area contributed by atoms with Crippen molar-refractivity contribution >= 4 is 17.7 Å². The lowest BCUT2D eigenvalue weighted by Gasteiger charge is -2.17. The molecule has 0 aliphatic heterocycles. The fourth-order valence-electron chi connectivity index (χ4n) is 2.21. The van der Waals surface area contributed by atoms with E-state index >= 15 is 0 Å². The zero-order valence-electron chi connectivity index (χ0n) is 14.3. The van der Waals surface area contributed by atoms with Crippen LogP contribution in [0.15, 0.2) is 48.5 Å². The molecule has 0 saturated heterocycles. The molecule has 0 aliphatic carbocycles. The zero-order valence-corrected chi connectivity index (χ0v) is 14.3. The summed E-state index contributed by atoms with van der Waals surface area (Å²) in [4.78, 5) is 11.1. The molecule has 2 aromatic carbocycles. The SMILES string of the molecule is O=C(O)c1ccccc1NC(F)(F)/C=C/c1ccc(OC(F)F)c(OC(F)F)c1. The summed E-state index contributed by atoms with van der Waals surface area (Å²) in [6.07, 6.45) is 1.14. The Labute approximate surface area is 160 Å². The van der Waals surface area contributed by atoms with Crippen LogP contribution in [0, 0.1) is 0 Å². The molecule has 2 N–H and O–H groups in total. The van der Waals surface area contributed by atoms with Crippen LogP contribution in [0.2, 0.25) is 0 Å². The van der Waals surface area contributed by atoms with E-state index in [1.54, 1.807) is 5.32 Å². The minimum atomic E-state index is -3.73. The topological polar surface area (TPSA) is 67.8 Å². The van der Waals surface area contributed by atoms with Gasteiger partial charge in [0.15, 0.2) is 11.5 Å². The number of benzene rings is 2. The number of hydrogen-bond donors (Lipinski definition) is 2. The molecule has 0 bridgehead atoms. The molecule has 0 atom stereocenters. The summed E-state index contributed by atoms with van der Waals surface area (Å²) in [5.74, 6) is -2.89. The number of halogens is 6. The molecule has 0 saturated carbocycles. The molecule has 2 rings (SSSR count). The van der Waals surface area contributed by atoms with Gasteiger partial charge in [-0.2, -0.15) is 26.3 Å². The third-order valence-electron chi connectivity index (χ3n) is 3.34. The molecule has 29 heavy (non-hydrogen) atoms. The lowest BCUT2D eigenvalue weighted by Crippen LogP contribution is -2.25. The van der Waals surface area contributed by atoms with Crippen LogP contribution in [0.3, 0.4) is 0 Å². The number of alkyl halides is 6. The minimum absolute atomic E-state index is 0.0877. The number of aromatic carboxylic acids is 1. The highest BCUT2D eigenvalue weighted by Crippen LogP contribution is 2.32. The van der Waals surface area contributed by atoms with Crippen LogP contribution in [-0.4, -0.2) is 30.3 Å². The molecule has 2 aromatic rings. The lowest BCUT2D eigenvalue weighted by molar-refractivity contribution is -0.0692. The van der Waals surface area contributed by atoms with Gasteiger partial charge in [0, 0.05) is 6.08 Å². The maximum atomic E-state index is 14.1. The van der Waals surface area contributed by atoms with Crippen LogP contribution < -0.4 is 14.8 Å². The van der Waals surface area contributed by atoms with E-state index in [0.29, 0.717) is 6.08 Å². The predicted octanol–water partition coefficient (Wildman–Crippen LogP) is 5.31. The van der Waals surface area contributed by atoms with Crippen LogP contribution in [0.5, 0.6) is 11.5 Å². The standard InChI is InChI=1S/C18H13F6NO4/c19-16(20)28-13-6-5-10(9-14(13)29-17(21)22)7-8-18(23,24)25-12-4-2-1-3-11(12)15(26)27/h1-9,16-17,25H,(H,26,27)/b8-7+. The number of nitrogens with one attached hydrogen (secondary N) is 1. The first-order valence-electron chi connectivity index (χ1n) is 7.78. The third-order valence-corrected chi connectivity index (χ3v) is 3.34. The Hall–Kier alpha value is -3.37. The van der Waals surface area contributed by atoms with E-state index in [9.17, 15) is 31.1 Å². The second-order valence-electron chi connectivity index (χ2n) is 5.40. The molecule has 0 unspecified atom stereocenters. The highest BCUT2D eigenvalue weighted by atomic mass is 19.3. The van der Waals surface area contributed by atoms with E-state index in [1.807, 2.05) is 0 Å². The molecule has 0 fully saturated rings. The third kappa shape index (κ3) is 6.63. The van der Waals surface area contributed by atoms with Gasteiger partial charge >= 0.3 is 25.2 Å². The van der Waals surface area contributed by atoms with E-state index < -0.39 is 36.7 Å². The number of carboxylic acids is 1. The normalized spacial score (nSPS) is 11.9. The maximum absolute atomic E-state index is 14.1. The molecule has 0 radical (unpaired) electrons. The summed E-state index contributed by atoms with van der Waals surface area (Å²) in [6.45, 7) is -6.66. The number of carbonyl (C=O) groups is 1. The lowest BCUT2D eigenvalue weighted by atomic mass is 10.1. The monoisotopic (exact) mass is 421 g/mol. The largest absolute Gasteiger partial charge is 0.478 e. The summed E-state index contributed by atoms with van der Waals surface area (Å²) in [6, 6.07) is 3.97. The number of rotatable bonds is 9. The van der Waals surface area contributed by atoms with E-state index in [2.05, 4.69) is 9.47 Å². The van der Waals surface area contributed by atoms with Gasteiger partial charge in [0.25, 0.3) is 0 Å². The average Bonchev–Trinajstić information content (AvgIpc) is 2.61. The Morgan fingerprint density at radius 2 is 1.62 bits per heavy atom. The number of anilines is 1. The smallest absolute Gasteiger partial charge is 0.387 e. The summed E-state index contributed by atoms with van der Waals surface area (Å²) >= 11 is 0. The molecule has 11 heteroatoms. The maximum Gasteiger partial charge on any atom is 0.387 e. The quantitative estimate of drug-likeness (QED) is 0.425. The van der Waals surface area contributed by atoms with Crippen molar-refractivity contribution in [1.82, 2.24) is 0 Å². The van der Waals surface area contributed by atoms with Gasteiger partial charge in [0.1, 0.15) is 0 Å². The second-order valence-corrected chi connectivity index (χ2v) is 5.40. The number of hydrogen-bond acceptors (Lipinski definition) is 4. The fourth-order valence-corrected chi connectivity index (χ4v) is 2.21. The van der Waals surface area contributed by atoms with Crippen molar-refractivity contribution in [2.24, 2.45) is 0 Å². The van der Waals surface area contributed by atoms with Gasteiger partial charge in [-0.3, -0.25) is 0 Å². The molecule has 156 valence electrons. The highest BCUT2D eigenvalue weighted by Gasteiger charge is 2.26. The fraction of sp³-hybridized carbons (Fsp3) is 0.167. The highest BCUT2D eigenvalue weighted by molar-refractivity contribution is 5.94. The Balaban J connectivity index is 2.24. The van der Waals surface area contributed by atoms with E-state index in [0.717, 1.165) is 36.4 Å². The molecule has 0 heterocycles. The summed E-state index contributed by atoms with van der Waals surface area (Å²) < 4.78 is 85.8. The Morgan fingerprint density at radius 3 is 2.24 bits per heavy atom. The van der Waals surface area contributed by atoms with Gasteiger partial charge in [-0.15, -0.1) is 0 Å². The van der Waals surface area contributed by atoms with Crippen molar-refractivity contribution in [3.05, 3.63) is 59.7 Å². The van der Waals surface area contributed by atoms with Crippen molar-refractivity contribution in [3.63, 3.8) is 0 Å². The van der Waals surface area contributed by atoms with Crippen LogP contribution in [0.4, 0.5) is 32.0 Å². The van der Waals surface area contributed by atoms with Crippen LogP contribution in [0.25, 0.3) is 6.08 Å². The Kier molecular flexibility index (Phi) is 6.97. The van der Waals surface area contributed by atoms with E-state index in [4.69, 9.17) is 5.11 Å². The molecule has 0 amide bonds.